The van der Waals surface area contributed by atoms with E-state index in [1.807, 2.05) is 6.92 Å². The molecule has 0 aliphatic carbocycles. The Hall–Kier alpha value is -3.37. The smallest absolute Gasteiger partial charge is 0.337 e. The lowest BCUT2D eigenvalue weighted by Crippen LogP contribution is -2.51. The van der Waals surface area contributed by atoms with Crippen LogP contribution >= 0.6 is 0 Å². The summed E-state index contributed by atoms with van der Waals surface area (Å²) in [6, 6.07) is -0.954. The number of ether oxygens (including phenoxy) is 1. The lowest BCUT2D eigenvalue weighted by atomic mass is 10.00. The molecule has 0 spiro atoms. The van der Waals surface area contributed by atoms with Gasteiger partial charge in [0.05, 0.1) is 36.8 Å². The van der Waals surface area contributed by atoms with Gasteiger partial charge in [-0.15, -0.1) is 0 Å². The number of amides is 2. The van der Waals surface area contributed by atoms with Crippen LogP contribution in [0.4, 0.5) is 4.79 Å². The van der Waals surface area contributed by atoms with Crippen molar-refractivity contribution in [1.29, 1.82) is 0 Å². The van der Waals surface area contributed by atoms with E-state index in [9.17, 15) is 19.2 Å². The Labute approximate surface area is 159 Å². The van der Waals surface area contributed by atoms with Gasteiger partial charge in [-0.1, -0.05) is 6.92 Å². The molecule has 3 rings (SSSR count). The van der Waals surface area contributed by atoms with Gasteiger partial charge in [-0.3, -0.25) is 13.9 Å². The van der Waals surface area contributed by atoms with Crippen LogP contribution < -0.4 is 21.9 Å². The average molecular weight is 390 g/mol. The van der Waals surface area contributed by atoms with Crippen molar-refractivity contribution in [2.45, 2.75) is 32.9 Å². The quantitative estimate of drug-likeness (QED) is 0.652. The molecule has 2 aromatic heterocycles. The molecule has 2 N–H and O–H groups in total. The molecule has 0 radical (unpaired) electrons. The summed E-state index contributed by atoms with van der Waals surface area (Å²) >= 11 is 0. The number of rotatable bonds is 5. The third-order valence-electron chi connectivity index (χ3n) is 4.69. The third-order valence-corrected chi connectivity index (χ3v) is 4.69. The summed E-state index contributed by atoms with van der Waals surface area (Å²) in [6.45, 7) is 3.74. The SMILES string of the molecule is CCOC(=O)C1=C(Cn2cnc3c2c(=O)n(C)c(=O)n3C)NC(=O)NC1CC. The minimum atomic E-state index is -0.540. The Kier molecular flexibility index (Phi) is 5.08. The zero-order valence-corrected chi connectivity index (χ0v) is 16.1. The molecule has 1 atom stereocenters. The van der Waals surface area contributed by atoms with Gasteiger partial charge in [0.2, 0.25) is 0 Å². The molecule has 28 heavy (non-hydrogen) atoms. The van der Waals surface area contributed by atoms with E-state index < -0.39 is 29.3 Å². The van der Waals surface area contributed by atoms with E-state index in [0.717, 1.165) is 4.57 Å². The highest BCUT2D eigenvalue weighted by Gasteiger charge is 2.32. The van der Waals surface area contributed by atoms with Crippen LogP contribution in [0.3, 0.4) is 0 Å². The molecule has 1 unspecified atom stereocenters. The number of nitrogens with zero attached hydrogens (tertiary/aromatic N) is 4. The topological polar surface area (TPSA) is 129 Å². The molecular formula is C17H22N6O5. The van der Waals surface area contributed by atoms with Crippen LogP contribution in [0, 0.1) is 0 Å². The van der Waals surface area contributed by atoms with Crippen molar-refractivity contribution in [3.05, 3.63) is 38.4 Å². The second-order valence-electron chi connectivity index (χ2n) is 6.42. The lowest BCUT2D eigenvalue weighted by Gasteiger charge is -2.28. The van der Waals surface area contributed by atoms with Gasteiger partial charge >= 0.3 is 17.7 Å². The molecule has 0 bridgehead atoms. The van der Waals surface area contributed by atoms with Crippen molar-refractivity contribution < 1.29 is 14.3 Å². The summed E-state index contributed by atoms with van der Waals surface area (Å²) in [5.41, 5.74) is 0.0353. The van der Waals surface area contributed by atoms with Crippen LogP contribution in [0.2, 0.25) is 0 Å². The summed E-state index contributed by atoms with van der Waals surface area (Å²) in [5, 5.41) is 5.33. The first-order valence-electron chi connectivity index (χ1n) is 8.88. The fraction of sp³-hybridized carbons (Fsp3) is 0.471. The molecule has 2 aromatic rings. The zero-order valence-electron chi connectivity index (χ0n) is 16.1. The van der Waals surface area contributed by atoms with Crippen molar-refractivity contribution in [2.75, 3.05) is 6.61 Å². The first kappa shape index (κ1) is 19.4. The maximum Gasteiger partial charge on any atom is 0.337 e. The van der Waals surface area contributed by atoms with Crippen LogP contribution in [-0.2, 0) is 30.2 Å². The van der Waals surface area contributed by atoms with Crippen LogP contribution in [0.15, 0.2) is 27.2 Å². The molecule has 0 saturated carbocycles. The Morgan fingerprint density at radius 2 is 1.93 bits per heavy atom. The van der Waals surface area contributed by atoms with Crippen molar-refractivity contribution in [3.63, 3.8) is 0 Å². The number of hydrogen-bond acceptors (Lipinski definition) is 6. The van der Waals surface area contributed by atoms with Crippen LogP contribution in [0.5, 0.6) is 0 Å². The number of nitrogens with one attached hydrogen (secondary N) is 2. The summed E-state index contributed by atoms with van der Waals surface area (Å²) in [7, 11) is 2.90. The van der Waals surface area contributed by atoms with Crippen molar-refractivity contribution in [2.24, 2.45) is 14.1 Å². The van der Waals surface area contributed by atoms with E-state index in [4.69, 9.17) is 4.74 Å². The second-order valence-corrected chi connectivity index (χ2v) is 6.42. The van der Waals surface area contributed by atoms with Gasteiger partial charge in [-0.25, -0.2) is 19.4 Å². The number of carbonyl (C=O) groups excluding carboxylic acids is 2. The van der Waals surface area contributed by atoms with Crippen molar-refractivity contribution >= 4 is 23.2 Å². The molecule has 1 aliphatic rings. The molecule has 0 fully saturated rings. The average Bonchev–Trinajstić information content (AvgIpc) is 3.07. The van der Waals surface area contributed by atoms with Gasteiger partial charge in [-0.05, 0) is 13.3 Å². The fourth-order valence-electron chi connectivity index (χ4n) is 3.27. The molecule has 0 saturated heterocycles. The van der Waals surface area contributed by atoms with Crippen LogP contribution in [0.25, 0.3) is 11.2 Å². The van der Waals surface area contributed by atoms with E-state index in [-0.39, 0.29) is 24.3 Å². The van der Waals surface area contributed by atoms with E-state index in [2.05, 4.69) is 15.6 Å². The first-order valence-corrected chi connectivity index (χ1v) is 8.88. The van der Waals surface area contributed by atoms with Gasteiger partial charge in [0.15, 0.2) is 11.2 Å². The zero-order chi connectivity index (χ0) is 20.6. The Balaban J connectivity index is 2.17. The number of urea groups is 1. The molecule has 150 valence electrons. The maximum absolute atomic E-state index is 12.6. The van der Waals surface area contributed by atoms with Gasteiger partial charge in [0, 0.05) is 14.1 Å². The number of esters is 1. The number of aryl methyl sites for hydroxylation is 1. The number of allylic oxidation sites excluding steroid dienone is 1. The van der Waals surface area contributed by atoms with Crippen LogP contribution in [0.1, 0.15) is 20.3 Å². The Morgan fingerprint density at radius 3 is 2.57 bits per heavy atom. The normalized spacial score (nSPS) is 16.9. The number of aromatic nitrogens is 4. The second kappa shape index (κ2) is 7.33. The van der Waals surface area contributed by atoms with E-state index >= 15 is 0 Å². The van der Waals surface area contributed by atoms with Crippen molar-refractivity contribution in [1.82, 2.24) is 29.3 Å². The van der Waals surface area contributed by atoms with E-state index in [1.165, 1.54) is 29.6 Å². The maximum atomic E-state index is 12.6. The van der Waals surface area contributed by atoms with Gasteiger partial charge in [-0.2, -0.15) is 0 Å². The molecule has 2 amide bonds. The van der Waals surface area contributed by atoms with E-state index in [0.29, 0.717) is 17.7 Å². The number of carbonyl (C=O) groups is 2. The fourth-order valence-corrected chi connectivity index (χ4v) is 3.27. The molecule has 3 heterocycles. The van der Waals surface area contributed by atoms with Gasteiger partial charge in [0.25, 0.3) is 5.56 Å². The highest BCUT2D eigenvalue weighted by molar-refractivity contribution is 5.94. The summed E-state index contributed by atoms with van der Waals surface area (Å²) in [5.74, 6) is -0.540. The molecular weight excluding hydrogens is 368 g/mol. The molecule has 0 aromatic carbocycles. The molecule has 1 aliphatic heterocycles. The largest absolute Gasteiger partial charge is 0.463 e. The van der Waals surface area contributed by atoms with E-state index in [1.54, 1.807) is 6.92 Å². The predicted molar refractivity (Wildman–Crippen MR) is 99.6 cm³/mol. The predicted octanol–water partition coefficient (Wildman–Crippen LogP) is -0.658. The highest BCUT2D eigenvalue weighted by Crippen LogP contribution is 2.19. The first-order chi connectivity index (χ1) is 13.3. The van der Waals surface area contributed by atoms with Crippen molar-refractivity contribution in [3.8, 4) is 0 Å². The Bertz CT molecular complexity index is 1110. The monoisotopic (exact) mass is 390 g/mol. The minimum absolute atomic E-state index is 0.0159. The number of imidazole rings is 1. The summed E-state index contributed by atoms with van der Waals surface area (Å²) in [6.07, 6.45) is 1.89. The minimum Gasteiger partial charge on any atom is -0.463 e. The molecule has 11 nitrogen and oxygen atoms in total. The standard InChI is InChI=1S/C17H22N6O5/c1-5-9-11(15(25)28-6-2)10(20-16(26)19-9)7-23-8-18-13-12(23)14(24)22(4)17(27)21(13)3/h8-9H,5-7H2,1-4H3,(H2,19,20,26). The van der Waals surface area contributed by atoms with Crippen LogP contribution in [-0.4, -0.2) is 43.3 Å². The number of fused-ring (bicyclic) bond motifs is 1. The third kappa shape index (κ3) is 3.08. The number of hydrogen-bond donors (Lipinski definition) is 2. The Morgan fingerprint density at radius 1 is 1.21 bits per heavy atom. The summed E-state index contributed by atoms with van der Waals surface area (Å²) in [4.78, 5) is 53.4. The highest BCUT2D eigenvalue weighted by atomic mass is 16.5. The van der Waals surface area contributed by atoms with Gasteiger partial charge in [0.1, 0.15) is 0 Å². The summed E-state index contributed by atoms with van der Waals surface area (Å²) < 4.78 is 8.89. The van der Waals surface area contributed by atoms with Gasteiger partial charge < -0.3 is 19.9 Å². The lowest BCUT2D eigenvalue weighted by molar-refractivity contribution is -0.139. The molecule has 11 heteroatoms.